The van der Waals surface area contributed by atoms with Crippen LogP contribution in [0.25, 0.3) is 0 Å². The Morgan fingerprint density at radius 2 is 2.13 bits per heavy atom. The monoisotopic (exact) mass is 420 g/mol. The number of hydrogen-bond donors (Lipinski definition) is 3. The Hall–Kier alpha value is -2.16. The Labute approximate surface area is 179 Å². The molecule has 0 unspecified atom stereocenters. The second-order valence-electron chi connectivity index (χ2n) is 8.35. The molecule has 2 amide bonds. The van der Waals surface area contributed by atoms with E-state index in [2.05, 4.69) is 10.6 Å². The van der Waals surface area contributed by atoms with Crippen LogP contribution in [0.4, 0.5) is 5.69 Å². The maximum absolute atomic E-state index is 13.3. The molecule has 1 aliphatic rings. The molecule has 0 spiro atoms. The molecule has 3 N–H and O–H groups in total. The first-order chi connectivity index (χ1) is 14.3. The van der Waals surface area contributed by atoms with Gasteiger partial charge in [-0.1, -0.05) is 6.92 Å². The number of ether oxygens (including phenoxy) is 1. The second-order valence-corrected chi connectivity index (χ2v) is 8.35. The SMILES string of the molecule is CNC[C@H]1Oc2ccc(NC(=O)CCCN(C)C)cc2C(=O)N([C@H](C)CO)C[C@@H]1C. The van der Waals surface area contributed by atoms with Crippen molar-refractivity contribution in [2.24, 2.45) is 5.92 Å². The molecule has 1 aromatic rings. The van der Waals surface area contributed by atoms with Crippen LogP contribution >= 0.6 is 0 Å². The fraction of sp³-hybridized carbons (Fsp3) is 0.636. The summed E-state index contributed by atoms with van der Waals surface area (Å²) in [4.78, 5) is 29.3. The van der Waals surface area contributed by atoms with Gasteiger partial charge >= 0.3 is 0 Å². The first kappa shape index (κ1) is 24.1. The van der Waals surface area contributed by atoms with Crippen LogP contribution in [0.5, 0.6) is 5.75 Å². The number of carbonyl (C=O) groups excluding carboxylic acids is 2. The van der Waals surface area contributed by atoms with Crippen LogP contribution in [-0.4, -0.2) is 86.3 Å². The molecule has 30 heavy (non-hydrogen) atoms. The molecule has 8 nitrogen and oxygen atoms in total. The maximum atomic E-state index is 13.3. The van der Waals surface area contributed by atoms with Gasteiger partial charge in [-0.25, -0.2) is 0 Å². The minimum atomic E-state index is -0.314. The molecule has 0 aliphatic carbocycles. The van der Waals surface area contributed by atoms with Crippen molar-refractivity contribution in [1.82, 2.24) is 15.1 Å². The minimum Gasteiger partial charge on any atom is -0.488 e. The molecule has 1 heterocycles. The van der Waals surface area contributed by atoms with Crippen molar-refractivity contribution >= 4 is 17.5 Å². The number of benzene rings is 1. The van der Waals surface area contributed by atoms with Crippen LogP contribution in [0.15, 0.2) is 18.2 Å². The van der Waals surface area contributed by atoms with Gasteiger partial charge in [0.25, 0.3) is 5.91 Å². The van der Waals surface area contributed by atoms with Crippen LogP contribution in [0, 0.1) is 5.92 Å². The van der Waals surface area contributed by atoms with Gasteiger partial charge in [0.05, 0.1) is 18.2 Å². The normalized spacial score (nSPS) is 20.2. The Kier molecular flexibility index (Phi) is 9.08. The summed E-state index contributed by atoms with van der Waals surface area (Å²) in [6.07, 6.45) is 1.05. The molecule has 0 bridgehead atoms. The molecule has 0 saturated carbocycles. The fourth-order valence-corrected chi connectivity index (χ4v) is 3.52. The van der Waals surface area contributed by atoms with Gasteiger partial charge in [-0.3, -0.25) is 9.59 Å². The number of nitrogens with one attached hydrogen (secondary N) is 2. The van der Waals surface area contributed by atoms with E-state index in [4.69, 9.17) is 4.74 Å². The summed E-state index contributed by atoms with van der Waals surface area (Å²) in [5.41, 5.74) is 0.963. The van der Waals surface area contributed by atoms with E-state index in [1.54, 1.807) is 23.1 Å². The van der Waals surface area contributed by atoms with Crippen molar-refractivity contribution < 1.29 is 19.4 Å². The highest BCUT2D eigenvalue weighted by atomic mass is 16.5. The van der Waals surface area contributed by atoms with Crippen molar-refractivity contribution in [1.29, 1.82) is 0 Å². The average molecular weight is 421 g/mol. The lowest BCUT2D eigenvalue weighted by Gasteiger charge is -2.37. The van der Waals surface area contributed by atoms with E-state index in [1.165, 1.54) is 0 Å². The third kappa shape index (κ3) is 6.42. The Morgan fingerprint density at radius 3 is 2.77 bits per heavy atom. The van der Waals surface area contributed by atoms with Gasteiger partial charge in [-0.15, -0.1) is 0 Å². The topological polar surface area (TPSA) is 94.1 Å². The van der Waals surface area contributed by atoms with Gasteiger partial charge in [0, 0.05) is 31.1 Å². The van der Waals surface area contributed by atoms with E-state index in [-0.39, 0.29) is 36.5 Å². The van der Waals surface area contributed by atoms with E-state index in [0.29, 0.717) is 36.5 Å². The highest BCUT2D eigenvalue weighted by molar-refractivity contribution is 5.99. The maximum Gasteiger partial charge on any atom is 0.258 e. The zero-order chi connectivity index (χ0) is 22.3. The summed E-state index contributed by atoms with van der Waals surface area (Å²) in [6.45, 7) is 5.71. The molecule has 0 saturated heterocycles. The van der Waals surface area contributed by atoms with Crippen LogP contribution < -0.4 is 15.4 Å². The first-order valence-corrected chi connectivity index (χ1v) is 10.6. The standard InChI is InChI=1S/C22H36N4O4/c1-15-13-26(16(2)14-27)22(29)18-11-17(24-21(28)7-6-10-25(4)5)8-9-19(18)30-20(15)12-23-3/h8-9,11,15-16,20,23,27H,6-7,10,12-14H2,1-5H3,(H,24,28)/t15-,16+,20+/m0/s1. The number of anilines is 1. The zero-order valence-electron chi connectivity index (χ0n) is 18.8. The van der Waals surface area contributed by atoms with Crippen LogP contribution in [0.2, 0.25) is 0 Å². The van der Waals surface area contributed by atoms with Crippen molar-refractivity contribution in [3.63, 3.8) is 0 Å². The molecule has 0 fully saturated rings. The van der Waals surface area contributed by atoms with Crippen LogP contribution in [0.3, 0.4) is 0 Å². The zero-order valence-corrected chi connectivity index (χ0v) is 18.8. The van der Waals surface area contributed by atoms with Crippen molar-refractivity contribution in [2.75, 3.05) is 52.7 Å². The van der Waals surface area contributed by atoms with Crippen LogP contribution in [-0.2, 0) is 4.79 Å². The Balaban J connectivity index is 2.27. The second kappa shape index (κ2) is 11.3. The van der Waals surface area contributed by atoms with E-state index in [1.807, 2.05) is 39.9 Å². The van der Waals surface area contributed by atoms with Crippen molar-refractivity contribution in [3.05, 3.63) is 23.8 Å². The Morgan fingerprint density at radius 1 is 1.40 bits per heavy atom. The average Bonchev–Trinajstić information content (AvgIpc) is 2.70. The molecule has 8 heteroatoms. The predicted octanol–water partition coefficient (Wildman–Crippen LogP) is 1.41. The summed E-state index contributed by atoms with van der Waals surface area (Å²) in [6, 6.07) is 4.86. The molecule has 3 atom stereocenters. The number of carbonyl (C=O) groups is 2. The quantitative estimate of drug-likeness (QED) is 0.559. The number of amides is 2. The molecule has 0 radical (unpaired) electrons. The number of hydrogen-bond acceptors (Lipinski definition) is 6. The molecule has 2 rings (SSSR count). The fourth-order valence-electron chi connectivity index (χ4n) is 3.52. The number of rotatable bonds is 9. The lowest BCUT2D eigenvalue weighted by Crippen LogP contribution is -2.49. The van der Waals surface area contributed by atoms with E-state index >= 15 is 0 Å². The first-order valence-electron chi connectivity index (χ1n) is 10.6. The smallest absolute Gasteiger partial charge is 0.258 e. The van der Waals surface area contributed by atoms with Gasteiger partial charge in [0.2, 0.25) is 5.91 Å². The highest BCUT2D eigenvalue weighted by Gasteiger charge is 2.32. The summed E-state index contributed by atoms with van der Waals surface area (Å²) in [5, 5.41) is 15.7. The minimum absolute atomic E-state index is 0.0830. The molecule has 1 aliphatic heterocycles. The predicted molar refractivity (Wildman–Crippen MR) is 118 cm³/mol. The lowest BCUT2D eigenvalue weighted by molar-refractivity contribution is -0.116. The van der Waals surface area contributed by atoms with Gasteiger partial charge in [-0.05, 0) is 59.2 Å². The molecule has 168 valence electrons. The van der Waals surface area contributed by atoms with Gasteiger partial charge in [0.15, 0.2) is 0 Å². The summed E-state index contributed by atoms with van der Waals surface area (Å²) in [5.74, 6) is 0.287. The van der Waals surface area contributed by atoms with Gasteiger partial charge in [-0.2, -0.15) is 0 Å². The molecule has 0 aromatic heterocycles. The highest BCUT2D eigenvalue weighted by Crippen LogP contribution is 2.30. The molecule has 1 aromatic carbocycles. The molecular weight excluding hydrogens is 384 g/mol. The number of aliphatic hydroxyl groups excluding tert-OH is 1. The van der Waals surface area contributed by atoms with Crippen molar-refractivity contribution in [3.8, 4) is 5.75 Å². The summed E-state index contributed by atoms with van der Waals surface area (Å²) in [7, 11) is 5.81. The number of fused-ring (bicyclic) bond motifs is 1. The Bertz CT molecular complexity index is 725. The van der Waals surface area contributed by atoms with Gasteiger partial charge < -0.3 is 30.3 Å². The third-order valence-corrected chi connectivity index (χ3v) is 5.36. The lowest BCUT2D eigenvalue weighted by atomic mass is 9.99. The number of aliphatic hydroxyl groups is 1. The largest absolute Gasteiger partial charge is 0.488 e. The number of likely N-dealkylation sites (N-methyl/N-ethyl adjacent to an activating group) is 1. The molecular formula is C22H36N4O4. The third-order valence-electron chi connectivity index (χ3n) is 5.36. The summed E-state index contributed by atoms with van der Waals surface area (Å²) < 4.78 is 6.18. The van der Waals surface area contributed by atoms with Gasteiger partial charge in [0.1, 0.15) is 11.9 Å². The van der Waals surface area contributed by atoms with E-state index in [9.17, 15) is 14.7 Å². The van der Waals surface area contributed by atoms with Crippen molar-refractivity contribution in [2.45, 2.75) is 38.8 Å². The number of nitrogens with zero attached hydrogens (tertiary/aromatic N) is 2. The van der Waals surface area contributed by atoms with Crippen LogP contribution in [0.1, 0.15) is 37.0 Å². The van der Waals surface area contributed by atoms with E-state index < -0.39 is 0 Å². The summed E-state index contributed by atoms with van der Waals surface area (Å²) >= 11 is 0. The van der Waals surface area contributed by atoms with E-state index in [0.717, 1.165) is 13.0 Å².